The molecule has 2 aromatic rings. The summed E-state index contributed by atoms with van der Waals surface area (Å²) in [5.74, 6) is 0.633. The average Bonchev–Trinajstić information content (AvgIpc) is 3.16. The van der Waals surface area contributed by atoms with E-state index in [1.807, 2.05) is 16.7 Å². The minimum atomic E-state index is -0.545. The third-order valence-electron chi connectivity index (χ3n) is 5.43. The molecule has 1 saturated heterocycles. The van der Waals surface area contributed by atoms with Crippen LogP contribution in [0.5, 0.6) is 0 Å². The molecule has 2 aromatic heterocycles. The second kappa shape index (κ2) is 7.63. The van der Waals surface area contributed by atoms with Crippen LogP contribution in [0.1, 0.15) is 34.3 Å². The normalized spacial score (nSPS) is 21.0. The number of likely N-dealkylation sites (tertiary alicyclic amines) is 1. The van der Waals surface area contributed by atoms with Gasteiger partial charge in [-0.1, -0.05) is 6.07 Å². The van der Waals surface area contributed by atoms with Gasteiger partial charge >= 0.3 is 5.97 Å². The SMILES string of the molecule is COC(=O)c1ccc(CNC(=O)CN2C[C@@H]3C[C@H](C2)c2cccc(=O)n2C3)o1. The Hall–Kier alpha value is -2.87. The van der Waals surface area contributed by atoms with Crippen LogP contribution in [0.3, 0.4) is 0 Å². The molecular weight excluding hydrogens is 362 g/mol. The Morgan fingerprint density at radius 1 is 1.21 bits per heavy atom. The van der Waals surface area contributed by atoms with Crippen LogP contribution in [0.2, 0.25) is 0 Å². The lowest BCUT2D eigenvalue weighted by atomic mass is 9.83. The first kappa shape index (κ1) is 18.5. The van der Waals surface area contributed by atoms with Crippen molar-refractivity contribution in [2.75, 3.05) is 26.7 Å². The number of pyridine rings is 1. The lowest BCUT2D eigenvalue weighted by Crippen LogP contribution is -2.49. The van der Waals surface area contributed by atoms with E-state index in [1.165, 1.54) is 13.2 Å². The molecule has 1 N–H and O–H groups in total. The second-order valence-corrected chi connectivity index (χ2v) is 7.43. The van der Waals surface area contributed by atoms with Crippen LogP contribution in [0.15, 0.2) is 39.5 Å². The highest BCUT2D eigenvalue weighted by molar-refractivity contribution is 5.86. The molecular formula is C20H23N3O5. The molecule has 0 unspecified atom stereocenters. The number of nitrogens with zero attached hydrogens (tertiary/aromatic N) is 2. The number of aromatic nitrogens is 1. The molecule has 2 atom stereocenters. The number of hydrogen-bond donors (Lipinski definition) is 1. The van der Waals surface area contributed by atoms with E-state index in [0.29, 0.717) is 24.8 Å². The van der Waals surface area contributed by atoms with Crippen LogP contribution in [-0.4, -0.2) is 48.1 Å². The van der Waals surface area contributed by atoms with Gasteiger partial charge in [0.2, 0.25) is 11.7 Å². The molecule has 2 bridgehead atoms. The summed E-state index contributed by atoms with van der Waals surface area (Å²) < 4.78 is 11.8. The summed E-state index contributed by atoms with van der Waals surface area (Å²) in [6.07, 6.45) is 1.06. The van der Waals surface area contributed by atoms with E-state index in [4.69, 9.17) is 4.42 Å². The molecule has 0 saturated carbocycles. The van der Waals surface area contributed by atoms with Crippen molar-refractivity contribution in [1.29, 1.82) is 0 Å². The molecule has 8 nitrogen and oxygen atoms in total. The zero-order chi connectivity index (χ0) is 19.7. The summed E-state index contributed by atoms with van der Waals surface area (Å²) >= 11 is 0. The van der Waals surface area contributed by atoms with Crippen LogP contribution in [0, 0.1) is 5.92 Å². The van der Waals surface area contributed by atoms with Gasteiger partial charge in [-0.15, -0.1) is 0 Å². The van der Waals surface area contributed by atoms with Crippen molar-refractivity contribution in [2.24, 2.45) is 5.92 Å². The molecule has 148 valence electrons. The molecule has 8 heteroatoms. The number of piperidine rings is 1. The van der Waals surface area contributed by atoms with Crippen molar-refractivity contribution in [3.63, 3.8) is 0 Å². The van der Waals surface area contributed by atoms with Gasteiger partial charge in [0.25, 0.3) is 5.56 Å². The second-order valence-electron chi connectivity index (χ2n) is 7.43. The number of rotatable bonds is 5. The number of esters is 1. The summed E-state index contributed by atoms with van der Waals surface area (Å²) in [6.45, 7) is 2.80. The molecule has 0 aliphatic carbocycles. The van der Waals surface area contributed by atoms with Gasteiger partial charge < -0.3 is 19.0 Å². The Bertz CT molecular complexity index is 947. The largest absolute Gasteiger partial charge is 0.463 e. The smallest absolute Gasteiger partial charge is 0.373 e. The number of carbonyl (C=O) groups is 2. The van der Waals surface area contributed by atoms with Crippen molar-refractivity contribution in [3.05, 3.63) is 57.9 Å². The van der Waals surface area contributed by atoms with E-state index < -0.39 is 5.97 Å². The molecule has 0 aromatic carbocycles. The van der Waals surface area contributed by atoms with Crippen LogP contribution in [0.25, 0.3) is 0 Å². The fourth-order valence-electron chi connectivity index (χ4n) is 4.25. The Morgan fingerprint density at radius 2 is 2.07 bits per heavy atom. The summed E-state index contributed by atoms with van der Waals surface area (Å²) in [5, 5.41) is 2.83. The van der Waals surface area contributed by atoms with Crippen LogP contribution in [-0.2, 0) is 22.6 Å². The zero-order valence-corrected chi connectivity index (χ0v) is 15.7. The zero-order valence-electron chi connectivity index (χ0n) is 15.7. The number of amides is 1. The molecule has 2 aliphatic heterocycles. The number of ether oxygens (including phenoxy) is 1. The quantitative estimate of drug-likeness (QED) is 0.771. The van der Waals surface area contributed by atoms with Gasteiger partial charge in [0.1, 0.15) is 5.76 Å². The van der Waals surface area contributed by atoms with E-state index in [2.05, 4.69) is 15.0 Å². The molecule has 2 aliphatic rings. The number of methoxy groups -OCH3 is 1. The van der Waals surface area contributed by atoms with Crippen molar-refractivity contribution in [3.8, 4) is 0 Å². The predicted molar refractivity (Wildman–Crippen MR) is 99.9 cm³/mol. The third-order valence-corrected chi connectivity index (χ3v) is 5.43. The standard InChI is InChI=1S/C20H23N3O5/c1-27-20(26)17-6-5-15(28-17)8-21-18(24)12-22-9-13-7-14(11-22)16-3-2-4-19(25)23(16)10-13/h2-6,13-14H,7-12H2,1H3,(H,21,24)/t13-,14+/m0/s1. The maximum atomic E-state index is 12.4. The highest BCUT2D eigenvalue weighted by Gasteiger charge is 2.34. The van der Waals surface area contributed by atoms with Crippen LogP contribution < -0.4 is 10.9 Å². The lowest BCUT2D eigenvalue weighted by Gasteiger charge is -2.42. The highest BCUT2D eigenvalue weighted by atomic mass is 16.5. The van der Waals surface area contributed by atoms with Gasteiger partial charge in [-0.3, -0.25) is 14.5 Å². The van der Waals surface area contributed by atoms with E-state index >= 15 is 0 Å². The number of fused-ring (bicyclic) bond motifs is 4. The van der Waals surface area contributed by atoms with E-state index in [1.54, 1.807) is 12.1 Å². The minimum Gasteiger partial charge on any atom is -0.463 e. The summed E-state index contributed by atoms with van der Waals surface area (Å²) in [5.41, 5.74) is 1.13. The fraction of sp³-hybridized carbons (Fsp3) is 0.450. The maximum absolute atomic E-state index is 12.4. The first-order chi connectivity index (χ1) is 13.5. The first-order valence-corrected chi connectivity index (χ1v) is 9.39. The van der Waals surface area contributed by atoms with Crippen LogP contribution >= 0.6 is 0 Å². The number of nitrogens with one attached hydrogen (secondary N) is 1. The number of carbonyl (C=O) groups excluding carboxylic acids is 2. The van der Waals surface area contributed by atoms with Gasteiger partial charge in [-0.2, -0.15) is 0 Å². The van der Waals surface area contributed by atoms with Gasteiger partial charge in [0.15, 0.2) is 0 Å². The van der Waals surface area contributed by atoms with Crippen LogP contribution in [0.4, 0.5) is 0 Å². The Balaban J connectivity index is 1.33. The first-order valence-electron chi connectivity index (χ1n) is 9.39. The molecule has 4 heterocycles. The van der Waals surface area contributed by atoms with Crippen molar-refractivity contribution in [2.45, 2.75) is 25.4 Å². The highest BCUT2D eigenvalue weighted by Crippen LogP contribution is 2.34. The van der Waals surface area contributed by atoms with Gasteiger partial charge in [-0.25, -0.2) is 4.79 Å². The summed E-state index contributed by atoms with van der Waals surface area (Å²) in [6, 6.07) is 8.61. The Morgan fingerprint density at radius 3 is 2.89 bits per heavy atom. The topological polar surface area (TPSA) is 93.8 Å². The number of hydrogen-bond acceptors (Lipinski definition) is 6. The summed E-state index contributed by atoms with van der Waals surface area (Å²) in [4.78, 5) is 38.0. The molecule has 0 spiro atoms. The monoisotopic (exact) mass is 385 g/mol. The van der Waals surface area contributed by atoms with E-state index in [9.17, 15) is 14.4 Å². The predicted octanol–water partition coefficient (Wildman–Crippen LogP) is 0.963. The molecule has 0 radical (unpaired) electrons. The van der Waals surface area contributed by atoms with E-state index in [-0.39, 0.29) is 29.7 Å². The lowest BCUT2D eigenvalue weighted by molar-refractivity contribution is -0.123. The van der Waals surface area contributed by atoms with Gasteiger partial charge in [0.05, 0.1) is 20.2 Å². The van der Waals surface area contributed by atoms with Crippen molar-refractivity contribution in [1.82, 2.24) is 14.8 Å². The molecule has 28 heavy (non-hydrogen) atoms. The summed E-state index contributed by atoms with van der Waals surface area (Å²) in [7, 11) is 1.29. The van der Waals surface area contributed by atoms with E-state index in [0.717, 1.165) is 25.2 Å². The fourth-order valence-corrected chi connectivity index (χ4v) is 4.25. The number of furan rings is 1. The Labute approximate surface area is 162 Å². The van der Waals surface area contributed by atoms with Crippen molar-refractivity contribution >= 4 is 11.9 Å². The van der Waals surface area contributed by atoms with Gasteiger partial charge in [0, 0.05) is 37.3 Å². The molecule has 4 rings (SSSR count). The third kappa shape index (κ3) is 3.73. The van der Waals surface area contributed by atoms with Gasteiger partial charge in [-0.05, 0) is 30.5 Å². The molecule has 1 fully saturated rings. The van der Waals surface area contributed by atoms with Crippen molar-refractivity contribution < 1.29 is 18.7 Å². The minimum absolute atomic E-state index is 0.0585. The maximum Gasteiger partial charge on any atom is 0.373 e. The Kier molecular flexibility index (Phi) is 5.04. The molecule has 1 amide bonds. The average molecular weight is 385 g/mol.